The van der Waals surface area contributed by atoms with Crippen LogP contribution in [0.15, 0.2) is 66.7 Å². The summed E-state index contributed by atoms with van der Waals surface area (Å²) < 4.78 is 8.23. The van der Waals surface area contributed by atoms with Crippen LogP contribution in [-0.4, -0.2) is 42.3 Å². The smallest absolute Gasteiger partial charge is 0.265 e. The maximum atomic E-state index is 14.4. The Balaban J connectivity index is 1.53. The molecule has 0 unspecified atom stereocenters. The van der Waals surface area contributed by atoms with Gasteiger partial charge in [0.1, 0.15) is 10.6 Å². The van der Waals surface area contributed by atoms with Gasteiger partial charge in [0.05, 0.1) is 6.61 Å². The molecule has 1 aromatic heterocycles. The molecule has 1 N–H and O–H groups in total. The predicted molar refractivity (Wildman–Crippen MR) is 173 cm³/mol. The van der Waals surface area contributed by atoms with E-state index in [4.69, 9.17) is 4.74 Å². The fourth-order valence-electron chi connectivity index (χ4n) is 5.58. The van der Waals surface area contributed by atoms with Crippen LogP contribution in [0.1, 0.15) is 65.1 Å². The van der Waals surface area contributed by atoms with Gasteiger partial charge >= 0.3 is 0 Å². The number of hydrogen-bond acceptors (Lipinski definition) is 5. The van der Waals surface area contributed by atoms with Crippen molar-refractivity contribution >= 4 is 55.7 Å². The van der Waals surface area contributed by atoms with Crippen LogP contribution < -0.4 is 10.1 Å². The number of amides is 1. The number of carbonyl (C=O) groups excluding carboxylic acids is 2. The number of Topliss-reactive ketones (excluding diaryl/α,β-unsaturated/α-hetero) is 1. The molecule has 5 rings (SSSR count). The van der Waals surface area contributed by atoms with Crippen LogP contribution >= 0.6 is 33.9 Å². The van der Waals surface area contributed by atoms with Gasteiger partial charge in [0, 0.05) is 43.4 Å². The lowest BCUT2D eigenvalue weighted by Gasteiger charge is -2.37. The van der Waals surface area contributed by atoms with Gasteiger partial charge < -0.3 is 15.0 Å². The molecule has 4 aromatic rings. The third-order valence-corrected chi connectivity index (χ3v) is 10.5. The highest BCUT2D eigenvalue weighted by molar-refractivity contribution is 14.1. The van der Waals surface area contributed by atoms with Gasteiger partial charge in [0.25, 0.3) is 5.91 Å². The van der Waals surface area contributed by atoms with Crippen molar-refractivity contribution in [3.05, 3.63) is 86.3 Å². The Morgan fingerprint density at radius 1 is 1.00 bits per heavy atom. The van der Waals surface area contributed by atoms with Gasteiger partial charge in [-0.05, 0) is 98.5 Å². The molecule has 3 aromatic carbocycles. The van der Waals surface area contributed by atoms with Crippen LogP contribution in [0.3, 0.4) is 0 Å². The topological polar surface area (TPSA) is 58.6 Å². The molecular weight excluding hydrogens is 631 g/mol. The number of rotatable bonds is 9. The van der Waals surface area contributed by atoms with Crippen LogP contribution in [0.5, 0.6) is 5.75 Å². The Morgan fingerprint density at radius 2 is 1.70 bits per heavy atom. The van der Waals surface area contributed by atoms with Gasteiger partial charge in [-0.25, -0.2) is 0 Å². The van der Waals surface area contributed by atoms with E-state index in [-0.39, 0.29) is 17.7 Å². The van der Waals surface area contributed by atoms with Crippen molar-refractivity contribution in [3.63, 3.8) is 0 Å². The van der Waals surface area contributed by atoms with Crippen molar-refractivity contribution in [2.75, 3.05) is 13.7 Å². The van der Waals surface area contributed by atoms with Crippen molar-refractivity contribution in [2.45, 2.75) is 58.2 Å². The maximum absolute atomic E-state index is 14.4. The molecule has 1 amide bonds. The average molecular weight is 667 g/mol. The second kappa shape index (κ2) is 12.8. The largest absolute Gasteiger partial charge is 0.494 e. The minimum Gasteiger partial charge on any atom is -0.494 e. The molecule has 0 bridgehead atoms. The van der Waals surface area contributed by atoms with Crippen LogP contribution in [-0.2, 0) is 6.54 Å². The first-order chi connectivity index (χ1) is 19.4. The Morgan fingerprint density at radius 3 is 2.35 bits per heavy atom. The number of thiophene rings is 1. The van der Waals surface area contributed by atoms with Crippen LogP contribution in [0, 0.1) is 3.57 Å². The van der Waals surface area contributed by atoms with Crippen molar-refractivity contribution in [2.24, 2.45) is 0 Å². The molecule has 1 fully saturated rings. The molecule has 40 heavy (non-hydrogen) atoms. The van der Waals surface area contributed by atoms with Crippen LogP contribution in [0.2, 0.25) is 0 Å². The van der Waals surface area contributed by atoms with Crippen molar-refractivity contribution in [1.82, 2.24) is 10.2 Å². The Kier molecular flexibility index (Phi) is 9.23. The monoisotopic (exact) mass is 666 g/mol. The predicted octanol–water partition coefficient (Wildman–Crippen LogP) is 7.95. The van der Waals surface area contributed by atoms with E-state index < -0.39 is 0 Å². The summed E-state index contributed by atoms with van der Waals surface area (Å²) in [5.74, 6) is 0.952. The van der Waals surface area contributed by atoms with Crippen molar-refractivity contribution in [3.8, 4) is 16.9 Å². The molecule has 1 saturated carbocycles. The van der Waals surface area contributed by atoms with Crippen LogP contribution in [0.25, 0.3) is 21.2 Å². The fourth-order valence-corrected chi connectivity index (χ4v) is 7.85. The average Bonchev–Trinajstić information content (AvgIpc) is 3.33. The standard InChI is InChI=1S/C33H35IN2O3S/c1-4-39-29-18-13-24(23-11-9-22(10-12-23)21(2)37)19-25(29)20-36(27-16-14-26(35-3)15-17-27)33(38)32-31(34)28-7-5-6-8-30(28)40-32/h5-13,18-19,26-27,35H,4,14-17,20H2,1-3H3/t26-,27-. The third-order valence-electron chi connectivity index (χ3n) is 7.86. The number of ketones is 1. The number of fused-ring (bicyclic) bond motifs is 1. The van der Waals surface area contributed by atoms with Gasteiger partial charge in [-0.3, -0.25) is 9.59 Å². The van der Waals surface area contributed by atoms with Crippen molar-refractivity contribution < 1.29 is 14.3 Å². The zero-order chi connectivity index (χ0) is 28.2. The molecule has 7 heteroatoms. The summed E-state index contributed by atoms with van der Waals surface area (Å²) in [4.78, 5) is 29.0. The third kappa shape index (κ3) is 6.11. The summed E-state index contributed by atoms with van der Waals surface area (Å²) in [5.41, 5.74) is 3.76. The minimum absolute atomic E-state index is 0.0527. The second-order valence-electron chi connectivity index (χ2n) is 10.4. The van der Waals surface area contributed by atoms with E-state index in [0.717, 1.165) is 66.7 Å². The first-order valence-electron chi connectivity index (χ1n) is 13.9. The highest BCUT2D eigenvalue weighted by atomic mass is 127. The normalized spacial score (nSPS) is 17.1. The fraction of sp³-hybridized carbons (Fsp3) is 0.333. The summed E-state index contributed by atoms with van der Waals surface area (Å²) >= 11 is 3.93. The van der Waals surface area contributed by atoms with E-state index in [1.165, 1.54) is 0 Å². The summed E-state index contributed by atoms with van der Waals surface area (Å²) in [6, 6.07) is 22.8. The lowest BCUT2D eigenvalue weighted by Crippen LogP contribution is -2.44. The number of benzene rings is 3. The zero-order valence-electron chi connectivity index (χ0n) is 23.2. The molecule has 0 aliphatic heterocycles. The van der Waals surface area contributed by atoms with E-state index in [9.17, 15) is 9.59 Å². The van der Waals surface area contributed by atoms with E-state index in [1.807, 2.05) is 56.4 Å². The van der Waals surface area contributed by atoms with E-state index >= 15 is 0 Å². The van der Waals surface area contributed by atoms with Gasteiger partial charge in [-0.1, -0.05) is 48.5 Å². The maximum Gasteiger partial charge on any atom is 0.265 e. The van der Waals surface area contributed by atoms with E-state index in [1.54, 1.807) is 18.3 Å². The molecule has 1 heterocycles. The molecule has 208 valence electrons. The number of nitrogens with one attached hydrogen (secondary N) is 1. The lowest BCUT2D eigenvalue weighted by molar-refractivity contribution is 0.0603. The first-order valence-corrected chi connectivity index (χ1v) is 15.8. The molecule has 5 nitrogen and oxygen atoms in total. The number of halogens is 1. The molecule has 0 spiro atoms. The van der Waals surface area contributed by atoms with Crippen molar-refractivity contribution in [1.29, 1.82) is 0 Å². The molecule has 0 radical (unpaired) electrons. The molecule has 0 atom stereocenters. The summed E-state index contributed by atoms with van der Waals surface area (Å²) in [5, 5.41) is 4.56. The molecule has 1 aliphatic rings. The van der Waals surface area contributed by atoms with Gasteiger partial charge in [-0.2, -0.15) is 0 Å². The summed E-state index contributed by atoms with van der Waals surface area (Å²) in [7, 11) is 2.02. The second-order valence-corrected chi connectivity index (χ2v) is 12.5. The van der Waals surface area contributed by atoms with Gasteiger partial charge in [0.2, 0.25) is 0 Å². The van der Waals surface area contributed by atoms with E-state index in [2.05, 4.69) is 57.1 Å². The summed E-state index contributed by atoms with van der Waals surface area (Å²) in [6.45, 7) is 4.60. The number of carbonyl (C=O) groups is 2. The lowest BCUT2D eigenvalue weighted by atomic mass is 9.89. The first kappa shape index (κ1) is 28.8. The van der Waals surface area contributed by atoms with Gasteiger partial charge in [-0.15, -0.1) is 11.3 Å². The number of ether oxygens (including phenoxy) is 1. The Bertz CT molecular complexity index is 1510. The SMILES string of the molecule is CCOc1ccc(-c2ccc(C(C)=O)cc2)cc1CN(C(=O)c1sc2ccccc2c1I)[C@H]1CC[C@H](NC)CC1. The van der Waals surface area contributed by atoms with Gasteiger partial charge in [0.15, 0.2) is 5.78 Å². The quantitative estimate of drug-likeness (QED) is 0.146. The van der Waals surface area contributed by atoms with E-state index in [0.29, 0.717) is 24.8 Å². The highest BCUT2D eigenvalue weighted by Gasteiger charge is 2.32. The highest BCUT2D eigenvalue weighted by Crippen LogP contribution is 2.36. The summed E-state index contributed by atoms with van der Waals surface area (Å²) in [6.07, 6.45) is 4.04. The minimum atomic E-state index is 0.0527. The molecular formula is C33H35IN2O3S. The molecule has 1 aliphatic carbocycles. The Labute approximate surface area is 254 Å². The molecule has 0 saturated heterocycles. The Hall–Kier alpha value is -2.75. The zero-order valence-corrected chi connectivity index (χ0v) is 26.2. The number of hydrogen-bond donors (Lipinski definition) is 1. The number of nitrogens with zero attached hydrogens (tertiary/aromatic N) is 1. The van der Waals surface area contributed by atoms with Crippen LogP contribution in [0.4, 0.5) is 0 Å².